The van der Waals surface area contributed by atoms with E-state index in [9.17, 15) is 15.4 Å². The number of imidazole rings is 1. The Hall–Kier alpha value is -4.25. The average molecular weight is 398 g/mol. The molecule has 0 amide bonds. The summed E-state index contributed by atoms with van der Waals surface area (Å²) in [7, 11) is 0. The molecule has 0 atom stereocenters. The largest absolute Gasteiger partial charge is 0.370 e. The molecule has 4 aromatic rings. The lowest BCUT2D eigenvalue weighted by molar-refractivity contribution is -0.384. The lowest BCUT2D eigenvalue weighted by atomic mass is 10.1. The Morgan fingerprint density at radius 1 is 1.17 bits per heavy atom. The van der Waals surface area contributed by atoms with Gasteiger partial charge in [0, 0.05) is 49.4 Å². The van der Waals surface area contributed by atoms with E-state index in [1.807, 2.05) is 24.4 Å². The molecule has 8 nitrogen and oxygen atoms in total. The zero-order chi connectivity index (χ0) is 20.9. The number of hydrogen-bond acceptors (Lipinski definition) is 6. The number of nitro groups is 1. The second-order valence-electron chi connectivity index (χ2n) is 6.76. The normalized spacial score (nSPS) is 10.6. The van der Waals surface area contributed by atoms with Gasteiger partial charge in [-0.25, -0.2) is 9.97 Å². The highest BCUT2D eigenvalue weighted by atomic mass is 16.6. The van der Waals surface area contributed by atoms with Crippen molar-refractivity contribution in [2.24, 2.45) is 0 Å². The molecule has 0 aliphatic rings. The zero-order valence-electron chi connectivity index (χ0n) is 16.0. The Balaban J connectivity index is 1.47. The molecule has 148 valence electrons. The molecule has 0 saturated carbocycles. The Kier molecular flexibility index (Phi) is 5.35. The van der Waals surface area contributed by atoms with E-state index in [2.05, 4.69) is 38.1 Å². The van der Waals surface area contributed by atoms with Crippen LogP contribution in [0.15, 0.2) is 67.0 Å². The maximum absolute atomic E-state index is 11.0. The molecule has 0 aliphatic heterocycles. The standard InChI is InChI=1S/C22H18N6O2/c23-14-17-12-21(26-20-7-6-18(28(29)30)13-19(17)20)24-9-8-22-25-10-11-27(22)15-16-4-2-1-3-5-16/h1-7,10-13H,8-9,15H2,(H,24,26). The molecule has 30 heavy (non-hydrogen) atoms. The van der Waals surface area contributed by atoms with Crippen LogP contribution >= 0.6 is 0 Å². The second-order valence-corrected chi connectivity index (χ2v) is 6.76. The number of rotatable bonds is 7. The highest BCUT2D eigenvalue weighted by Gasteiger charge is 2.12. The second kappa shape index (κ2) is 8.41. The number of hydrogen-bond donors (Lipinski definition) is 1. The third-order valence-corrected chi connectivity index (χ3v) is 4.78. The summed E-state index contributed by atoms with van der Waals surface area (Å²) in [6, 6.07) is 18.2. The minimum atomic E-state index is -0.482. The van der Waals surface area contributed by atoms with E-state index in [1.165, 1.54) is 17.7 Å². The number of nitriles is 1. The van der Waals surface area contributed by atoms with E-state index in [4.69, 9.17) is 0 Å². The molecule has 2 aromatic heterocycles. The summed E-state index contributed by atoms with van der Waals surface area (Å²) in [5.41, 5.74) is 2.02. The van der Waals surface area contributed by atoms with Gasteiger partial charge >= 0.3 is 0 Å². The van der Waals surface area contributed by atoms with Crippen molar-refractivity contribution in [3.63, 3.8) is 0 Å². The van der Waals surface area contributed by atoms with Gasteiger partial charge in [-0.1, -0.05) is 30.3 Å². The zero-order valence-corrected chi connectivity index (χ0v) is 16.0. The number of nitrogens with zero attached hydrogens (tertiary/aromatic N) is 5. The predicted molar refractivity (Wildman–Crippen MR) is 113 cm³/mol. The van der Waals surface area contributed by atoms with Gasteiger partial charge in [-0.15, -0.1) is 0 Å². The van der Waals surface area contributed by atoms with E-state index >= 15 is 0 Å². The molecule has 0 bridgehead atoms. The Labute approximate surface area is 172 Å². The molecule has 8 heteroatoms. The molecule has 4 rings (SSSR count). The molecular formula is C22H18N6O2. The summed E-state index contributed by atoms with van der Waals surface area (Å²) in [6.45, 7) is 1.34. The fourth-order valence-corrected chi connectivity index (χ4v) is 3.31. The van der Waals surface area contributed by atoms with Crippen LogP contribution < -0.4 is 5.32 Å². The van der Waals surface area contributed by atoms with Crippen molar-refractivity contribution in [3.05, 3.63) is 94.1 Å². The van der Waals surface area contributed by atoms with Gasteiger partial charge in [0.25, 0.3) is 5.69 Å². The van der Waals surface area contributed by atoms with Crippen LogP contribution in [0.5, 0.6) is 0 Å². The number of pyridine rings is 1. The van der Waals surface area contributed by atoms with Gasteiger partial charge in [0.2, 0.25) is 0 Å². The van der Waals surface area contributed by atoms with Gasteiger partial charge in [-0.2, -0.15) is 5.26 Å². The van der Waals surface area contributed by atoms with Crippen molar-refractivity contribution in [2.45, 2.75) is 13.0 Å². The Morgan fingerprint density at radius 3 is 2.77 bits per heavy atom. The van der Waals surface area contributed by atoms with Crippen LogP contribution in [0.25, 0.3) is 10.9 Å². The van der Waals surface area contributed by atoms with Crippen molar-refractivity contribution >= 4 is 22.4 Å². The van der Waals surface area contributed by atoms with Crippen LogP contribution in [0.4, 0.5) is 11.5 Å². The number of nitro benzene ring substituents is 1. The number of anilines is 1. The SMILES string of the molecule is N#Cc1cc(NCCc2nccn2Cc2ccccc2)nc2ccc([N+](=O)[O-])cc12. The first kappa shape index (κ1) is 19.1. The first-order valence-electron chi connectivity index (χ1n) is 9.41. The topological polar surface area (TPSA) is 110 Å². The van der Waals surface area contributed by atoms with Crippen molar-refractivity contribution < 1.29 is 4.92 Å². The molecular weight excluding hydrogens is 380 g/mol. The van der Waals surface area contributed by atoms with Crippen molar-refractivity contribution in [3.8, 4) is 6.07 Å². The smallest absolute Gasteiger partial charge is 0.270 e. The van der Waals surface area contributed by atoms with Crippen molar-refractivity contribution in [1.82, 2.24) is 14.5 Å². The first-order valence-corrected chi connectivity index (χ1v) is 9.41. The quantitative estimate of drug-likeness (QED) is 0.373. The average Bonchev–Trinajstić information content (AvgIpc) is 3.20. The summed E-state index contributed by atoms with van der Waals surface area (Å²) >= 11 is 0. The first-order chi connectivity index (χ1) is 14.6. The summed E-state index contributed by atoms with van der Waals surface area (Å²) < 4.78 is 2.10. The van der Waals surface area contributed by atoms with Gasteiger partial charge in [-0.3, -0.25) is 10.1 Å². The number of non-ortho nitro benzene ring substituents is 1. The van der Waals surface area contributed by atoms with E-state index in [0.29, 0.717) is 35.2 Å². The maximum Gasteiger partial charge on any atom is 0.270 e. The lowest BCUT2D eigenvalue weighted by Gasteiger charge is -2.10. The number of aromatic nitrogens is 3. The summed E-state index contributed by atoms with van der Waals surface area (Å²) in [4.78, 5) is 19.4. The molecule has 0 saturated heterocycles. The Morgan fingerprint density at radius 2 is 2.00 bits per heavy atom. The van der Waals surface area contributed by atoms with E-state index < -0.39 is 4.92 Å². The minimum absolute atomic E-state index is 0.0632. The molecule has 0 aliphatic carbocycles. The van der Waals surface area contributed by atoms with E-state index in [-0.39, 0.29) is 5.69 Å². The summed E-state index contributed by atoms with van der Waals surface area (Å²) in [6.07, 6.45) is 4.42. The Bertz CT molecular complexity index is 1240. The predicted octanol–water partition coefficient (Wildman–Crippen LogP) is 3.91. The molecule has 1 N–H and O–H groups in total. The van der Waals surface area contributed by atoms with Gasteiger partial charge in [0.1, 0.15) is 11.6 Å². The van der Waals surface area contributed by atoms with Crippen LogP contribution in [0.2, 0.25) is 0 Å². The van der Waals surface area contributed by atoms with E-state index in [0.717, 1.165) is 12.4 Å². The summed E-state index contributed by atoms with van der Waals surface area (Å²) in [5.74, 6) is 1.50. The fraction of sp³-hybridized carbons (Fsp3) is 0.136. The van der Waals surface area contributed by atoms with Crippen LogP contribution in [-0.4, -0.2) is 26.0 Å². The minimum Gasteiger partial charge on any atom is -0.370 e. The van der Waals surface area contributed by atoms with Crippen molar-refractivity contribution in [1.29, 1.82) is 5.26 Å². The molecule has 2 heterocycles. The van der Waals surface area contributed by atoms with Crippen LogP contribution in [0, 0.1) is 21.4 Å². The summed E-state index contributed by atoms with van der Waals surface area (Å²) in [5, 5.41) is 24.1. The van der Waals surface area contributed by atoms with Crippen LogP contribution in [-0.2, 0) is 13.0 Å². The number of benzene rings is 2. The van der Waals surface area contributed by atoms with Gasteiger partial charge in [0.05, 0.1) is 22.1 Å². The number of nitrogens with one attached hydrogen (secondary N) is 1. The molecule has 2 aromatic carbocycles. The molecule has 0 fully saturated rings. The van der Waals surface area contributed by atoms with Crippen LogP contribution in [0.3, 0.4) is 0 Å². The third-order valence-electron chi connectivity index (χ3n) is 4.78. The van der Waals surface area contributed by atoms with Crippen molar-refractivity contribution in [2.75, 3.05) is 11.9 Å². The highest BCUT2D eigenvalue weighted by molar-refractivity contribution is 5.88. The monoisotopic (exact) mass is 398 g/mol. The third kappa shape index (κ3) is 4.10. The number of fused-ring (bicyclic) bond motifs is 1. The van der Waals surface area contributed by atoms with E-state index in [1.54, 1.807) is 18.3 Å². The van der Waals surface area contributed by atoms with Crippen LogP contribution in [0.1, 0.15) is 17.0 Å². The van der Waals surface area contributed by atoms with Gasteiger partial charge < -0.3 is 9.88 Å². The lowest BCUT2D eigenvalue weighted by Crippen LogP contribution is -2.12. The molecule has 0 radical (unpaired) electrons. The van der Waals surface area contributed by atoms with Gasteiger partial charge in [-0.05, 0) is 17.7 Å². The maximum atomic E-state index is 11.0. The molecule has 0 unspecified atom stereocenters. The highest BCUT2D eigenvalue weighted by Crippen LogP contribution is 2.24. The fourth-order valence-electron chi connectivity index (χ4n) is 3.31. The molecule has 0 spiro atoms. The van der Waals surface area contributed by atoms with Gasteiger partial charge in [0.15, 0.2) is 0 Å².